The highest BCUT2D eigenvalue weighted by atomic mass is 16.2. The number of nitrogens with zero attached hydrogens (tertiary/aromatic N) is 3. The van der Waals surface area contributed by atoms with Crippen molar-refractivity contribution in [1.29, 1.82) is 0 Å². The summed E-state index contributed by atoms with van der Waals surface area (Å²) in [6.45, 7) is 2.42. The van der Waals surface area contributed by atoms with Crippen LogP contribution in [0.4, 0.5) is 17.1 Å². The molecule has 1 aliphatic heterocycles. The van der Waals surface area contributed by atoms with Crippen LogP contribution in [0.2, 0.25) is 0 Å². The molecule has 0 spiro atoms. The van der Waals surface area contributed by atoms with Crippen molar-refractivity contribution >= 4 is 34.6 Å². The number of likely N-dealkylation sites (N-methyl/N-ethyl adjacent to an activating group) is 1. The quantitative estimate of drug-likeness (QED) is 0.632. The Bertz CT molecular complexity index is 1080. The van der Waals surface area contributed by atoms with Crippen LogP contribution in [0.25, 0.3) is 0 Å². The molecule has 0 unspecified atom stereocenters. The molecule has 0 aromatic heterocycles. The Balaban J connectivity index is 1.65. The second kappa shape index (κ2) is 8.74. The first-order valence-electron chi connectivity index (χ1n) is 10.0. The highest BCUT2D eigenvalue weighted by Crippen LogP contribution is 2.33. The summed E-state index contributed by atoms with van der Waals surface area (Å²) in [7, 11) is 0. The number of rotatable bonds is 5. The molecule has 0 bridgehead atoms. The summed E-state index contributed by atoms with van der Waals surface area (Å²) >= 11 is 0. The Hall–Kier alpha value is -3.73. The summed E-state index contributed by atoms with van der Waals surface area (Å²) in [5.74, 6) is -0.268. The number of aliphatic imine (C=N–C) groups is 1. The van der Waals surface area contributed by atoms with Gasteiger partial charge in [0.1, 0.15) is 6.54 Å². The number of para-hydroxylation sites is 3. The van der Waals surface area contributed by atoms with Gasteiger partial charge < -0.3 is 9.80 Å². The van der Waals surface area contributed by atoms with Gasteiger partial charge >= 0.3 is 0 Å². The van der Waals surface area contributed by atoms with Crippen LogP contribution >= 0.6 is 0 Å². The molecular weight excluding hydrogens is 374 g/mol. The molecule has 0 aliphatic carbocycles. The van der Waals surface area contributed by atoms with Gasteiger partial charge in [0, 0.05) is 12.2 Å². The fourth-order valence-corrected chi connectivity index (χ4v) is 3.65. The van der Waals surface area contributed by atoms with Crippen LogP contribution in [0.15, 0.2) is 89.9 Å². The summed E-state index contributed by atoms with van der Waals surface area (Å²) in [4.78, 5) is 34.4. The molecule has 0 saturated heterocycles. The first-order valence-corrected chi connectivity index (χ1v) is 10.0. The first-order chi connectivity index (χ1) is 14.7. The molecule has 3 aromatic carbocycles. The van der Waals surface area contributed by atoms with Crippen molar-refractivity contribution in [2.75, 3.05) is 22.9 Å². The minimum atomic E-state index is -0.139. The standard InChI is InChI=1S/C25H23N3O2/c1-2-27(20-13-7-4-8-14-20)25(30)18-28-23-16-10-9-15-21(23)26-22(17-24(28)29)19-11-5-3-6-12-19/h3-16H,2,17-18H2,1H3. The largest absolute Gasteiger partial charge is 0.311 e. The van der Waals surface area contributed by atoms with Crippen molar-refractivity contribution in [3.63, 3.8) is 0 Å². The van der Waals surface area contributed by atoms with E-state index in [1.54, 1.807) is 9.80 Å². The van der Waals surface area contributed by atoms with Gasteiger partial charge in [0.05, 0.1) is 23.5 Å². The number of hydrogen-bond acceptors (Lipinski definition) is 3. The number of carbonyl (C=O) groups is 2. The van der Waals surface area contributed by atoms with E-state index in [0.717, 1.165) is 11.3 Å². The van der Waals surface area contributed by atoms with Crippen LogP contribution < -0.4 is 9.80 Å². The Labute approximate surface area is 176 Å². The van der Waals surface area contributed by atoms with Crippen molar-refractivity contribution < 1.29 is 9.59 Å². The molecule has 2 amide bonds. The third kappa shape index (κ3) is 4.01. The van der Waals surface area contributed by atoms with E-state index in [2.05, 4.69) is 0 Å². The number of fused-ring (bicyclic) bond motifs is 1. The van der Waals surface area contributed by atoms with E-state index in [1.165, 1.54) is 0 Å². The van der Waals surface area contributed by atoms with Crippen molar-refractivity contribution in [2.24, 2.45) is 4.99 Å². The third-order valence-electron chi connectivity index (χ3n) is 5.13. The molecule has 5 heteroatoms. The maximum Gasteiger partial charge on any atom is 0.247 e. The molecule has 1 heterocycles. The average Bonchev–Trinajstić information content (AvgIpc) is 2.92. The van der Waals surface area contributed by atoms with Gasteiger partial charge in [-0.3, -0.25) is 14.6 Å². The lowest BCUT2D eigenvalue weighted by molar-refractivity contribution is -0.121. The SMILES string of the molecule is CCN(C(=O)CN1C(=O)CC(c2ccccc2)=Nc2ccccc21)c1ccccc1. The van der Waals surface area contributed by atoms with Gasteiger partial charge in [-0.1, -0.05) is 60.7 Å². The molecule has 0 atom stereocenters. The lowest BCUT2D eigenvalue weighted by atomic mass is 10.1. The molecule has 150 valence electrons. The van der Waals surface area contributed by atoms with Gasteiger partial charge in [-0.2, -0.15) is 0 Å². The van der Waals surface area contributed by atoms with Crippen LogP contribution in [0, 0.1) is 0 Å². The van der Waals surface area contributed by atoms with Crippen molar-refractivity contribution in [2.45, 2.75) is 13.3 Å². The molecule has 5 nitrogen and oxygen atoms in total. The Kier molecular flexibility index (Phi) is 5.70. The van der Waals surface area contributed by atoms with Gasteiger partial charge in [0.15, 0.2) is 0 Å². The van der Waals surface area contributed by atoms with Crippen LogP contribution in [0.5, 0.6) is 0 Å². The molecule has 3 aromatic rings. The maximum absolute atomic E-state index is 13.2. The van der Waals surface area contributed by atoms with Crippen molar-refractivity contribution in [3.05, 3.63) is 90.5 Å². The zero-order valence-electron chi connectivity index (χ0n) is 16.9. The molecule has 0 fully saturated rings. The van der Waals surface area contributed by atoms with Crippen molar-refractivity contribution in [3.8, 4) is 0 Å². The van der Waals surface area contributed by atoms with Gasteiger partial charge in [-0.15, -0.1) is 0 Å². The fourth-order valence-electron chi connectivity index (χ4n) is 3.65. The summed E-state index contributed by atoms with van der Waals surface area (Å²) < 4.78 is 0. The normalized spacial score (nSPS) is 13.3. The van der Waals surface area contributed by atoms with E-state index in [4.69, 9.17) is 4.99 Å². The topological polar surface area (TPSA) is 53.0 Å². The van der Waals surface area contributed by atoms with Crippen LogP contribution in [-0.2, 0) is 9.59 Å². The summed E-state index contributed by atoms with van der Waals surface area (Å²) in [6, 6.07) is 26.7. The monoisotopic (exact) mass is 397 g/mol. The second-order valence-electron chi connectivity index (χ2n) is 7.04. The van der Waals surface area contributed by atoms with Gasteiger partial charge in [-0.25, -0.2) is 0 Å². The van der Waals surface area contributed by atoms with E-state index < -0.39 is 0 Å². The first kappa shape index (κ1) is 19.6. The lowest BCUT2D eigenvalue weighted by Gasteiger charge is -2.27. The van der Waals surface area contributed by atoms with Crippen LogP contribution in [0.1, 0.15) is 18.9 Å². The Morgan fingerprint density at radius 2 is 1.57 bits per heavy atom. The predicted octanol–water partition coefficient (Wildman–Crippen LogP) is 4.60. The Morgan fingerprint density at radius 3 is 2.27 bits per heavy atom. The molecule has 30 heavy (non-hydrogen) atoms. The summed E-state index contributed by atoms with van der Waals surface area (Å²) in [6.07, 6.45) is 0.142. The van der Waals surface area contributed by atoms with Gasteiger partial charge in [-0.05, 0) is 36.8 Å². The number of carbonyl (C=O) groups excluding carboxylic acids is 2. The van der Waals surface area contributed by atoms with E-state index in [0.29, 0.717) is 23.6 Å². The van der Waals surface area contributed by atoms with E-state index >= 15 is 0 Å². The second-order valence-corrected chi connectivity index (χ2v) is 7.04. The predicted molar refractivity (Wildman–Crippen MR) is 121 cm³/mol. The molecule has 0 saturated carbocycles. The zero-order valence-corrected chi connectivity index (χ0v) is 16.9. The summed E-state index contributed by atoms with van der Waals surface area (Å²) in [5, 5.41) is 0. The summed E-state index contributed by atoms with van der Waals surface area (Å²) in [5.41, 5.74) is 3.79. The number of anilines is 2. The molecule has 1 aliphatic rings. The molecule has 4 rings (SSSR count). The van der Waals surface area contributed by atoms with E-state index in [1.807, 2.05) is 91.9 Å². The number of amides is 2. The molecule has 0 radical (unpaired) electrons. The minimum absolute atomic E-state index is 0.0316. The highest BCUT2D eigenvalue weighted by Gasteiger charge is 2.28. The number of hydrogen-bond donors (Lipinski definition) is 0. The Morgan fingerprint density at radius 1 is 0.933 bits per heavy atom. The maximum atomic E-state index is 13.2. The van der Waals surface area contributed by atoms with Gasteiger partial charge in [0.2, 0.25) is 11.8 Å². The smallest absolute Gasteiger partial charge is 0.247 e. The molecular formula is C25H23N3O2. The van der Waals surface area contributed by atoms with Crippen LogP contribution in [-0.4, -0.2) is 30.6 Å². The number of benzene rings is 3. The van der Waals surface area contributed by atoms with Crippen LogP contribution in [0.3, 0.4) is 0 Å². The van der Waals surface area contributed by atoms with Gasteiger partial charge in [0.25, 0.3) is 0 Å². The van der Waals surface area contributed by atoms with E-state index in [-0.39, 0.29) is 24.8 Å². The van der Waals surface area contributed by atoms with E-state index in [9.17, 15) is 9.59 Å². The minimum Gasteiger partial charge on any atom is -0.311 e. The fraction of sp³-hybridized carbons (Fsp3) is 0.160. The lowest BCUT2D eigenvalue weighted by Crippen LogP contribution is -2.43. The molecule has 0 N–H and O–H groups in total. The zero-order chi connectivity index (χ0) is 20.9. The third-order valence-corrected chi connectivity index (χ3v) is 5.13. The average molecular weight is 397 g/mol. The highest BCUT2D eigenvalue weighted by molar-refractivity contribution is 6.19. The van der Waals surface area contributed by atoms with Crippen molar-refractivity contribution in [1.82, 2.24) is 0 Å².